The Morgan fingerprint density at radius 2 is 2.08 bits per heavy atom. The van der Waals surface area contributed by atoms with Crippen molar-refractivity contribution < 1.29 is 9.53 Å². The molecule has 1 aliphatic rings. The molecular formula is C20H25N3O2S. The van der Waals surface area contributed by atoms with Crippen LogP contribution < -0.4 is 4.74 Å². The first-order valence-corrected chi connectivity index (χ1v) is 9.92. The van der Waals surface area contributed by atoms with Gasteiger partial charge < -0.3 is 4.74 Å². The number of aryl methyl sites for hydroxylation is 2. The van der Waals surface area contributed by atoms with E-state index in [-0.39, 0.29) is 5.78 Å². The summed E-state index contributed by atoms with van der Waals surface area (Å²) >= 11 is 2.01. The van der Waals surface area contributed by atoms with Crippen LogP contribution in [0.25, 0.3) is 6.08 Å². The van der Waals surface area contributed by atoms with Gasteiger partial charge in [-0.25, -0.2) is 0 Å². The summed E-state index contributed by atoms with van der Waals surface area (Å²) in [6.07, 6.45) is 3.47. The molecule has 0 saturated carbocycles. The number of ketones is 1. The van der Waals surface area contributed by atoms with Crippen LogP contribution in [0.15, 0.2) is 30.3 Å². The topological polar surface area (TPSA) is 47.4 Å². The summed E-state index contributed by atoms with van der Waals surface area (Å²) in [4.78, 5) is 14.8. The van der Waals surface area contributed by atoms with Crippen molar-refractivity contribution in [3.8, 4) is 5.75 Å². The van der Waals surface area contributed by atoms with Gasteiger partial charge in [0.1, 0.15) is 11.4 Å². The Balaban J connectivity index is 1.76. The fourth-order valence-corrected chi connectivity index (χ4v) is 4.10. The molecule has 0 spiro atoms. The number of benzene rings is 1. The summed E-state index contributed by atoms with van der Waals surface area (Å²) < 4.78 is 7.14. The van der Waals surface area contributed by atoms with Crippen LogP contribution in [0.2, 0.25) is 0 Å². The van der Waals surface area contributed by atoms with E-state index in [4.69, 9.17) is 4.74 Å². The van der Waals surface area contributed by atoms with Crippen molar-refractivity contribution >= 4 is 23.6 Å². The fraction of sp³-hybridized carbons (Fsp3) is 0.400. The molecule has 1 aromatic heterocycles. The minimum Gasteiger partial charge on any atom is -0.496 e. The minimum atomic E-state index is -0.0430. The Morgan fingerprint density at radius 3 is 2.73 bits per heavy atom. The monoisotopic (exact) mass is 371 g/mol. The van der Waals surface area contributed by atoms with Crippen LogP contribution in [0.5, 0.6) is 5.75 Å². The van der Waals surface area contributed by atoms with Gasteiger partial charge in [-0.3, -0.25) is 14.4 Å². The van der Waals surface area contributed by atoms with Crippen LogP contribution in [-0.4, -0.2) is 52.2 Å². The highest BCUT2D eigenvalue weighted by atomic mass is 32.2. The minimum absolute atomic E-state index is 0.0430. The number of methoxy groups -OCH3 is 1. The van der Waals surface area contributed by atoms with Crippen molar-refractivity contribution in [3.05, 3.63) is 52.9 Å². The molecule has 1 saturated heterocycles. The van der Waals surface area contributed by atoms with E-state index in [2.05, 4.69) is 16.1 Å². The largest absolute Gasteiger partial charge is 0.496 e. The van der Waals surface area contributed by atoms with Crippen LogP contribution in [0.1, 0.15) is 27.3 Å². The van der Waals surface area contributed by atoms with Crippen molar-refractivity contribution in [2.24, 2.45) is 7.05 Å². The lowest BCUT2D eigenvalue weighted by Gasteiger charge is -2.26. The van der Waals surface area contributed by atoms with Gasteiger partial charge in [0.05, 0.1) is 12.8 Å². The Kier molecular flexibility index (Phi) is 6.16. The van der Waals surface area contributed by atoms with Gasteiger partial charge in [-0.1, -0.05) is 12.1 Å². The zero-order valence-corrected chi connectivity index (χ0v) is 16.4. The first kappa shape index (κ1) is 18.7. The molecule has 1 aromatic carbocycles. The zero-order chi connectivity index (χ0) is 18.5. The maximum atomic E-state index is 12.4. The average Bonchev–Trinajstić information content (AvgIpc) is 2.99. The van der Waals surface area contributed by atoms with Crippen LogP contribution in [0.4, 0.5) is 0 Å². The second kappa shape index (κ2) is 8.56. The molecule has 2 aromatic rings. The van der Waals surface area contributed by atoms with Gasteiger partial charge in [0, 0.05) is 43.8 Å². The van der Waals surface area contributed by atoms with E-state index in [9.17, 15) is 4.79 Å². The second-order valence-corrected chi connectivity index (χ2v) is 7.68. The van der Waals surface area contributed by atoms with E-state index in [1.54, 1.807) is 31.0 Å². The number of nitrogens with zero attached hydrogens (tertiary/aromatic N) is 3. The molecule has 1 aliphatic heterocycles. The van der Waals surface area contributed by atoms with Gasteiger partial charge in [-0.15, -0.1) is 0 Å². The Morgan fingerprint density at radius 1 is 1.31 bits per heavy atom. The van der Waals surface area contributed by atoms with E-state index in [1.807, 2.05) is 36.9 Å². The Bertz CT molecular complexity index is 807. The van der Waals surface area contributed by atoms with E-state index >= 15 is 0 Å². The predicted octanol–water partition coefficient (Wildman–Crippen LogP) is 3.18. The smallest absolute Gasteiger partial charge is 0.203 e. The lowest BCUT2D eigenvalue weighted by atomic mass is 10.1. The van der Waals surface area contributed by atoms with Crippen LogP contribution in [-0.2, 0) is 13.6 Å². The highest BCUT2D eigenvalue weighted by Gasteiger charge is 2.14. The van der Waals surface area contributed by atoms with Crippen LogP contribution in [0.3, 0.4) is 0 Å². The SMILES string of the molecule is COc1ccc(/C=C/C(=O)c2cc(C)nn2C)cc1CN1CCSCC1. The zero-order valence-electron chi connectivity index (χ0n) is 15.6. The number of rotatable bonds is 6. The number of allylic oxidation sites excluding steroid dienone is 1. The second-order valence-electron chi connectivity index (χ2n) is 6.45. The highest BCUT2D eigenvalue weighted by Crippen LogP contribution is 2.24. The number of thioether (sulfide) groups is 1. The quantitative estimate of drug-likeness (QED) is 0.576. The number of hydrogen-bond donors (Lipinski definition) is 0. The summed E-state index contributed by atoms with van der Waals surface area (Å²) in [6.45, 7) is 4.97. The summed E-state index contributed by atoms with van der Waals surface area (Å²) in [5.41, 5.74) is 3.60. The molecule has 0 bridgehead atoms. The van der Waals surface area contributed by atoms with Crippen LogP contribution in [0, 0.1) is 6.92 Å². The molecule has 0 aliphatic carbocycles. The van der Waals surface area contributed by atoms with Gasteiger partial charge in [-0.2, -0.15) is 16.9 Å². The molecule has 6 heteroatoms. The van der Waals surface area contributed by atoms with Gasteiger partial charge in [0.15, 0.2) is 0 Å². The summed E-state index contributed by atoms with van der Waals surface area (Å²) in [6, 6.07) is 7.87. The third kappa shape index (κ3) is 4.56. The molecule has 3 rings (SSSR count). The lowest BCUT2D eigenvalue weighted by molar-refractivity contribution is 0.103. The summed E-state index contributed by atoms with van der Waals surface area (Å²) in [7, 11) is 3.49. The molecule has 0 unspecified atom stereocenters. The van der Waals surface area contributed by atoms with Gasteiger partial charge >= 0.3 is 0 Å². The summed E-state index contributed by atoms with van der Waals surface area (Å²) in [5.74, 6) is 3.22. The van der Waals surface area contributed by atoms with Crippen LogP contribution >= 0.6 is 11.8 Å². The Hall–Kier alpha value is -2.05. The molecule has 2 heterocycles. The van der Waals surface area contributed by atoms with Gasteiger partial charge in [0.2, 0.25) is 5.78 Å². The van der Waals surface area contributed by atoms with Gasteiger partial charge in [0.25, 0.3) is 0 Å². The first-order chi connectivity index (χ1) is 12.6. The lowest BCUT2D eigenvalue weighted by Crippen LogP contribution is -2.32. The van der Waals surface area contributed by atoms with E-state index < -0.39 is 0 Å². The maximum Gasteiger partial charge on any atom is 0.203 e. The average molecular weight is 372 g/mol. The molecule has 5 nitrogen and oxygen atoms in total. The van der Waals surface area contributed by atoms with E-state index in [0.717, 1.165) is 42.2 Å². The first-order valence-electron chi connectivity index (χ1n) is 8.77. The molecule has 26 heavy (non-hydrogen) atoms. The number of ether oxygens (including phenoxy) is 1. The molecule has 0 atom stereocenters. The fourth-order valence-electron chi connectivity index (χ4n) is 3.12. The van der Waals surface area contributed by atoms with Gasteiger partial charge in [-0.05, 0) is 36.8 Å². The maximum absolute atomic E-state index is 12.4. The third-order valence-corrected chi connectivity index (χ3v) is 5.43. The molecule has 0 N–H and O–H groups in total. The van der Waals surface area contributed by atoms with E-state index in [1.165, 1.54) is 11.5 Å². The Labute approximate surface area is 159 Å². The number of carbonyl (C=O) groups excluding carboxylic acids is 1. The molecular weight excluding hydrogens is 346 g/mol. The number of aromatic nitrogens is 2. The number of carbonyl (C=O) groups is 1. The van der Waals surface area contributed by atoms with Crippen molar-refractivity contribution in [2.45, 2.75) is 13.5 Å². The van der Waals surface area contributed by atoms with Crippen molar-refractivity contribution in [3.63, 3.8) is 0 Å². The molecule has 138 valence electrons. The molecule has 0 radical (unpaired) electrons. The molecule has 1 fully saturated rings. The van der Waals surface area contributed by atoms with E-state index in [0.29, 0.717) is 5.69 Å². The standard InChI is InChI=1S/C20H25N3O2S/c1-15-12-18(22(2)21-15)19(24)6-4-16-5-7-20(25-3)17(13-16)14-23-8-10-26-11-9-23/h4-7,12-13H,8-11,14H2,1-3H3/b6-4+. The van der Waals surface area contributed by atoms with Crippen molar-refractivity contribution in [2.75, 3.05) is 31.7 Å². The third-order valence-electron chi connectivity index (χ3n) is 4.48. The highest BCUT2D eigenvalue weighted by molar-refractivity contribution is 7.99. The van der Waals surface area contributed by atoms with Crippen molar-refractivity contribution in [1.82, 2.24) is 14.7 Å². The molecule has 0 amide bonds. The predicted molar refractivity (Wildman–Crippen MR) is 107 cm³/mol. The number of hydrogen-bond acceptors (Lipinski definition) is 5. The van der Waals surface area contributed by atoms with Crippen molar-refractivity contribution in [1.29, 1.82) is 0 Å². The summed E-state index contributed by atoms with van der Waals surface area (Å²) in [5, 5.41) is 4.23. The normalized spacial score (nSPS) is 15.5.